The van der Waals surface area contributed by atoms with Crippen LogP contribution in [0.15, 0.2) is 36.4 Å². The van der Waals surface area contributed by atoms with Crippen LogP contribution < -0.4 is 4.80 Å². The van der Waals surface area contributed by atoms with E-state index < -0.39 is 0 Å². The summed E-state index contributed by atoms with van der Waals surface area (Å²) < 4.78 is 0. The Bertz CT molecular complexity index is 664. The van der Waals surface area contributed by atoms with E-state index >= 15 is 0 Å². The second-order valence-electron chi connectivity index (χ2n) is 3.61. The van der Waals surface area contributed by atoms with Crippen molar-refractivity contribution in [1.82, 2.24) is 10.2 Å². The van der Waals surface area contributed by atoms with Gasteiger partial charge in [0.2, 0.25) is 0 Å². The molecule has 2 rings (SSSR count). The molecule has 0 aliphatic rings. The van der Waals surface area contributed by atoms with E-state index in [-0.39, 0.29) is 5.70 Å². The van der Waals surface area contributed by atoms with Crippen molar-refractivity contribution >= 4 is 11.6 Å². The van der Waals surface area contributed by atoms with Gasteiger partial charge in [0, 0.05) is 15.8 Å². The van der Waals surface area contributed by atoms with Crippen molar-refractivity contribution in [2.75, 3.05) is 0 Å². The van der Waals surface area contributed by atoms with Crippen LogP contribution in [-0.4, -0.2) is 16.1 Å². The highest BCUT2D eigenvalue weighted by Crippen LogP contribution is 2.14. The second-order valence-corrected chi connectivity index (χ2v) is 3.61. The van der Waals surface area contributed by atoms with Gasteiger partial charge in [-0.25, -0.2) is 0 Å². The summed E-state index contributed by atoms with van der Waals surface area (Å²) in [5, 5.41) is 24.2. The van der Waals surface area contributed by atoms with Crippen molar-refractivity contribution < 1.29 is 4.80 Å². The van der Waals surface area contributed by atoms with Crippen molar-refractivity contribution in [2.24, 2.45) is 0 Å². The van der Waals surface area contributed by atoms with Gasteiger partial charge in [-0.1, -0.05) is 30.3 Å². The minimum atomic E-state index is -0.0455. The Morgan fingerprint density at radius 2 is 2.00 bits per heavy atom. The fourth-order valence-corrected chi connectivity index (χ4v) is 1.50. The first-order valence-corrected chi connectivity index (χ1v) is 5.28. The molecule has 18 heavy (non-hydrogen) atoms. The molecule has 1 aromatic heterocycles. The third-order valence-electron chi connectivity index (χ3n) is 2.29. The first kappa shape index (κ1) is 11.6. The molecule has 1 aromatic carbocycles. The molecular weight excluding hydrogens is 226 g/mol. The molecule has 0 saturated heterocycles. The van der Waals surface area contributed by atoms with Gasteiger partial charge >= 0.3 is 5.70 Å². The molecule has 2 aromatic rings. The van der Waals surface area contributed by atoms with Gasteiger partial charge in [0.05, 0.1) is 10.7 Å². The summed E-state index contributed by atoms with van der Waals surface area (Å²) in [7, 11) is 0. The largest absolute Gasteiger partial charge is 0.405 e. The first-order chi connectivity index (χ1) is 8.74. The van der Waals surface area contributed by atoms with Gasteiger partial charge in [-0.05, 0) is 13.0 Å². The maximum Gasteiger partial charge on any atom is 0.405 e. The number of aromatic nitrogens is 3. The quantitative estimate of drug-likeness (QED) is 0.485. The van der Waals surface area contributed by atoms with E-state index in [4.69, 9.17) is 10.7 Å². The van der Waals surface area contributed by atoms with E-state index in [9.17, 15) is 0 Å². The van der Waals surface area contributed by atoms with Gasteiger partial charge in [-0.15, -0.1) is 0 Å². The molecule has 1 N–H and O–H groups in total. The highest BCUT2D eigenvalue weighted by Gasteiger charge is 2.17. The molecule has 5 nitrogen and oxygen atoms in total. The Balaban J connectivity index is 2.59. The minimum absolute atomic E-state index is 0.0455. The van der Waals surface area contributed by atoms with Crippen molar-refractivity contribution in [3.05, 3.63) is 42.1 Å². The number of aryl methyl sites for hydroxylation is 1. The monoisotopic (exact) mass is 236 g/mol. The Hall–Kier alpha value is -2.83. The minimum Gasteiger partial charge on any atom is -0.252 e. The highest BCUT2D eigenvalue weighted by atomic mass is 15.5. The van der Waals surface area contributed by atoms with E-state index in [1.54, 1.807) is 0 Å². The van der Waals surface area contributed by atoms with Crippen LogP contribution >= 0.6 is 0 Å². The number of hydrogen-bond acceptors (Lipinski definition) is 4. The smallest absolute Gasteiger partial charge is 0.252 e. The second kappa shape index (κ2) is 5.00. The normalized spacial score (nSPS) is 9.33. The summed E-state index contributed by atoms with van der Waals surface area (Å²) in [4.78, 5) is 1.13. The van der Waals surface area contributed by atoms with E-state index in [0.29, 0.717) is 11.4 Å². The molecule has 86 valence electrons. The number of benzene rings is 1. The fraction of sp³-hybridized carbons (Fsp3) is 0.0769. The Labute approximate surface area is 104 Å². The first-order valence-electron chi connectivity index (χ1n) is 5.28. The SMILES string of the molecule is Cc1cc(-c2ccccc2)n[n+](C(=C=N)C#N)n1. The van der Waals surface area contributed by atoms with Crippen LogP contribution in [0.5, 0.6) is 0 Å². The molecule has 0 fully saturated rings. The summed E-state index contributed by atoms with van der Waals surface area (Å²) in [6.07, 6.45) is 0. The average molecular weight is 236 g/mol. The molecular formula is C13H10N5+. The van der Waals surface area contributed by atoms with Crippen molar-refractivity contribution in [2.45, 2.75) is 6.92 Å². The summed E-state index contributed by atoms with van der Waals surface area (Å²) in [5.74, 6) is 2.02. The molecule has 0 aliphatic carbocycles. The number of nitrogens with one attached hydrogen (secondary N) is 1. The number of nitriles is 1. The lowest BCUT2D eigenvalue weighted by Gasteiger charge is -1.97. The van der Waals surface area contributed by atoms with Gasteiger partial charge in [0.25, 0.3) is 0 Å². The van der Waals surface area contributed by atoms with E-state index in [0.717, 1.165) is 10.4 Å². The van der Waals surface area contributed by atoms with Crippen LogP contribution in [0.2, 0.25) is 0 Å². The molecule has 0 atom stereocenters. The zero-order valence-corrected chi connectivity index (χ0v) is 9.75. The van der Waals surface area contributed by atoms with Crippen LogP contribution in [-0.2, 0) is 0 Å². The third-order valence-corrected chi connectivity index (χ3v) is 2.29. The zero-order valence-electron chi connectivity index (χ0n) is 9.75. The van der Waals surface area contributed by atoms with Gasteiger partial charge in [-0.3, -0.25) is 5.41 Å². The van der Waals surface area contributed by atoms with Crippen LogP contribution in [0, 0.1) is 23.7 Å². The predicted molar refractivity (Wildman–Crippen MR) is 65.4 cm³/mol. The molecule has 0 unspecified atom stereocenters. The molecule has 1 heterocycles. The van der Waals surface area contributed by atoms with Crippen LogP contribution in [0.4, 0.5) is 0 Å². The van der Waals surface area contributed by atoms with Crippen LogP contribution in [0.1, 0.15) is 5.69 Å². The van der Waals surface area contributed by atoms with Gasteiger partial charge in [0.15, 0.2) is 6.07 Å². The van der Waals surface area contributed by atoms with Gasteiger partial charge in [-0.2, -0.15) is 5.26 Å². The molecule has 5 heteroatoms. The topological polar surface area (TPSA) is 77.3 Å². The van der Waals surface area contributed by atoms with Crippen LogP contribution in [0.25, 0.3) is 17.0 Å². The summed E-state index contributed by atoms with van der Waals surface area (Å²) in [5.41, 5.74) is 2.30. The van der Waals surface area contributed by atoms with E-state index in [2.05, 4.69) is 10.2 Å². The standard InChI is InChI=1S/C13H10N5/c1-10-7-13(11-5-3-2-4-6-11)17-18(16-10)12(8-14)9-15/h2-7,14H,1H3/q+1. The Kier molecular flexibility index (Phi) is 3.24. The van der Waals surface area contributed by atoms with E-state index in [1.807, 2.05) is 55.3 Å². The summed E-state index contributed by atoms with van der Waals surface area (Å²) in [6.45, 7) is 1.81. The molecule has 0 spiro atoms. The van der Waals surface area contributed by atoms with Crippen molar-refractivity contribution in [1.29, 1.82) is 10.7 Å². The van der Waals surface area contributed by atoms with Gasteiger partial charge in [0.1, 0.15) is 11.4 Å². The maximum atomic E-state index is 8.86. The molecule has 0 saturated carbocycles. The number of rotatable bonds is 2. The Morgan fingerprint density at radius 3 is 2.61 bits per heavy atom. The number of nitrogens with zero attached hydrogens (tertiary/aromatic N) is 4. The zero-order chi connectivity index (χ0) is 13.0. The number of hydrogen-bond donors (Lipinski definition) is 1. The molecule has 0 amide bonds. The summed E-state index contributed by atoms with van der Waals surface area (Å²) in [6, 6.07) is 13.2. The summed E-state index contributed by atoms with van der Waals surface area (Å²) >= 11 is 0. The van der Waals surface area contributed by atoms with Crippen LogP contribution in [0.3, 0.4) is 0 Å². The number of allylic oxidation sites excluding steroid dienone is 1. The van der Waals surface area contributed by atoms with Crippen molar-refractivity contribution in [3.8, 4) is 17.3 Å². The molecule has 0 aliphatic heterocycles. The third kappa shape index (κ3) is 2.29. The fourth-order valence-electron chi connectivity index (χ4n) is 1.50. The lowest BCUT2D eigenvalue weighted by Crippen LogP contribution is -2.41. The predicted octanol–water partition coefficient (Wildman–Crippen LogP) is 1.35. The van der Waals surface area contributed by atoms with Gasteiger partial charge < -0.3 is 0 Å². The average Bonchev–Trinajstić information content (AvgIpc) is 2.40. The maximum absolute atomic E-state index is 8.86. The van der Waals surface area contributed by atoms with Crippen molar-refractivity contribution in [3.63, 3.8) is 0 Å². The molecule has 0 bridgehead atoms. The lowest BCUT2D eigenvalue weighted by atomic mass is 10.1. The Morgan fingerprint density at radius 1 is 1.28 bits per heavy atom. The lowest BCUT2D eigenvalue weighted by molar-refractivity contribution is -0.701. The highest BCUT2D eigenvalue weighted by molar-refractivity contribution is 5.80. The van der Waals surface area contributed by atoms with E-state index in [1.165, 1.54) is 0 Å². The molecule has 0 radical (unpaired) electrons.